The molecule has 0 fully saturated rings. The van der Waals surface area contributed by atoms with E-state index in [2.05, 4.69) is 23.7 Å². The van der Waals surface area contributed by atoms with E-state index in [1.807, 2.05) is 0 Å². The molecule has 3 heteroatoms. The second-order valence-electron chi connectivity index (χ2n) is 0.885. The van der Waals surface area contributed by atoms with Gasteiger partial charge in [0.25, 0.3) is 0 Å². The quantitative estimate of drug-likeness (QED) is 0.556. The number of rotatable bonds is 0. The molecule has 0 aromatic carbocycles. The van der Waals surface area contributed by atoms with Gasteiger partial charge in [-0.25, -0.2) is 0 Å². The van der Waals surface area contributed by atoms with Crippen LogP contribution in [0.2, 0.25) is 0 Å². The monoisotopic (exact) mass is 198 g/mol. The zero-order valence-corrected chi connectivity index (χ0v) is 6.74. The Bertz CT molecular complexity index is 68.2. The van der Waals surface area contributed by atoms with E-state index in [1.54, 1.807) is 0 Å². The second kappa shape index (κ2) is 6.81. The van der Waals surface area contributed by atoms with E-state index < -0.39 is 0 Å². The van der Waals surface area contributed by atoms with Crippen molar-refractivity contribution in [3.63, 3.8) is 0 Å². The molecular weight excluding hydrogens is 193 g/mol. The molecule has 1 heterocycles. The SMILES string of the molecule is [Co].[Mn].c1cc[pH]c1. The first-order valence-corrected chi connectivity index (χ1v) is 2.73. The van der Waals surface area contributed by atoms with Gasteiger partial charge < -0.3 is 0 Å². The zero-order chi connectivity index (χ0) is 3.54. The predicted octanol–water partition coefficient (Wildman–Crippen LogP) is 1.71. The molecule has 0 aliphatic heterocycles. The molecule has 0 aliphatic rings. The molecule has 1 rings (SSSR count). The number of hydrogen-bond acceptors (Lipinski definition) is 0. The molecule has 0 nitrogen and oxygen atoms in total. The maximum Gasteiger partial charge on any atom is 0 e. The van der Waals surface area contributed by atoms with E-state index in [9.17, 15) is 0 Å². The average molecular weight is 198 g/mol. The van der Waals surface area contributed by atoms with Crippen molar-refractivity contribution < 1.29 is 33.8 Å². The minimum atomic E-state index is 0. The molecule has 0 unspecified atom stereocenters. The van der Waals surface area contributed by atoms with Crippen molar-refractivity contribution >= 4 is 8.19 Å². The molecule has 0 atom stereocenters. The predicted molar refractivity (Wildman–Crippen MR) is 25.9 cm³/mol. The molecule has 42 valence electrons. The third-order valence-electron chi connectivity index (χ3n) is 0.496. The normalized spacial score (nSPS) is 5.71. The van der Waals surface area contributed by atoms with Crippen LogP contribution in [0.3, 0.4) is 0 Å². The van der Waals surface area contributed by atoms with Crippen molar-refractivity contribution in [2.75, 3.05) is 0 Å². The molecule has 0 saturated heterocycles. The molecule has 0 N–H and O–H groups in total. The molecule has 1 aromatic rings. The summed E-state index contributed by atoms with van der Waals surface area (Å²) in [5.41, 5.74) is 0. The van der Waals surface area contributed by atoms with Crippen LogP contribution in [-0.4, -0.2) is 0 Å². The first kappa shape index (κ1) is 10.7. The topological polar surface area (TPSA) is 0 Å². The molecule has 0 saturated carbocycles. The molecule has 2 radical (unpaired) electrons. The van der Waals surface area contributed by atoms with Gasteiger partial charge in [-0.15, -0.1) is 8.19 Å². The Kier molecular flexibility index (Phi) is 10.4. The first-order valence-electron chi connectivity index (χ1n) is 1.58. The van der Waals surface area contributed by atoms with E-state index in [4.69, 9.17) is 0 Å². The fourth-order valence-corrected chi connectivity index (χ4v) is 0.833. The molecule has 1 aromatic heterocycles. The van der Waals surface area contributed by atoms with Gasteiger partial charge in [0.1, 0.15) is 0 Å². The summed E-state index contributed by atoms with van der Waals surface area (Å²) in [5.74, 6) is 4.31. The van der Waals surface area contributed by atoms with Crippen molar-refractivity contribution in [2.24, 2.45) is 0 Å². The van der Waals surface area contributed by atoms with Crippen molar-refractivity contribution in [2.45, 2.75) is 0 Å². The minimum absolute atomic E-state index is 0. The van der Waals surface area contributed by atoms with E-state index >= 15 is 0 Å². The Morgan fingerprint density at radius 1 is 1.00 bits per heavy atom. The van der Waals surface area contributed by atoms with Gasteiger partial charge in [0, 0.05) is 33.8 Å². The second-order valence-corrected chi connectivity index (χ2v) is 1.88. The molecule has 0 amide bonds. The summed E-state index contributed by atoms with van der Waals surface area (Å²) < 4.78 is 0. The molecule has 7 heavy (non-hydrogen) atoms. The number of hydrogen-bond donors (Lipinski definition) is 0. The zero-order valence-electron chi connectivity index (χ0n) is 3.52. The Morgan fingerprint density at radius 3 is 1.57 bits per heavy atom. The van der Waals surface area contributed by atoms with Crippen LogP contribution < -0.4 is 0 Å². The minimum Gasteiger partial charge on any atom is -0.140 e. The first-order chi connectivity index (χ1) is 2.50. The maximum atomic E-state index is 2.15. The van der Waals surface area contributed by atoms with Crippen molar-refractivity contribution in [1.29, 1.82) is 0 Å². The van der Waals surface area contributed by atoms with Gasteiger partial charge in [-0.2, -0.15) is 0 Å². The van der Waals surface area contributed by atoms with E-state index in [0.29, 0.717) is 0 Å². The maximum absolute atomic E-state index is 2.15. The van der Waals surface area contributed by atoms with E-state index in [0.717, 1.165) is 8.19 Å². The summed E-state index contributed by atoms with van der Waals surface area (Å²) >= 11 is 0. The van der Waals surface area contributed by atoms with Crippen LogP contribution in [0.15, 0.2) is 23.7 Å². The van der Waals surface area contributed by atoms with E-state index in [-0.39, 0.29) is 33.8 Å². The van der Waals surface area contributed by atoms with Crippen molar-refractivity contribution in [1.82, 2.24) is 0 Å². The summed E-state index contributed by atoms with van der Waals surface area (Å²) in [6.07, 6.45) is 0. The molecule has 0 spiro atoms. The van der Waals surface area contributed by atoms with Crippen molar-refractivity contribution in [3.05, 3.63) is 23.7 Å². The Morgan fingerprint density at radius 2 is 1.43 bits per heavy atom. The summed E-state index contributed by atoms with van der Waals surface area (Å²) in [4.78, 5) is 0. The van der Waals surface area contributed by atoms with Gasteiger partial charge in [-0.05, 0) is 11.6 Å². The van der Waals surface area contributed by atoms with Gasteiger partial charge in [-0.3, -0.25) is 0 Å². The third kappa shape index (κ3) is 4.66. The standard InChI is InChI=1S/C4H5P.Co.Mn/c1-2-4-5-3-1;;/h1-5H;;. The van der Waals surface area contributed by atoms with Crippen LogP contribution in [0.1, 0.15) is 0 Å². The van der Waals surface area contributed by atoms with Crippen LogP contribution in [-0.2, 0) is 33.8 Å². The Balaban J connectivity index is 0. The summed E-state index contributed by atoms with van der Waals surface area (Å²) in [6, 6.07) is 4.14. The average Bonchev–Trinajstić information content (AvgIpc) is 1.76. The van der Waals surface area contributed by atoms with Crippen molar-refractivity contribution in [3.8, 4) is 0 Å². The summed E-state index contributed by atoms with van der Waals surface area (Å²) in [6.45, 7) is 0. The van der Waals surface area contributed by atoms with Gasteiger partial charge in [0.2, 0.25) is 0 Å². The van der Waals surface area contributed by atoms with Gasteiger partial charge in [0.15, 0.2) is 0 Å². The molecule has 0 bridgehead atoms. The van der Waals surface area contributed by atoms with Crippen LogP contribution in [0, 0.1) is 0 Å². The Hall–Kier alpha value is 0.806. The fraction of sp³-hybridized carbons (Fsp3) is 0. The van der Waals surface area contributed by atoms with Crippen LogP contribution in [0.4, 0.5) is 0 Å². The van der Waals surface area contributed by atoms with Crippen LogP contribution in [0.5, 0.6) is 0 Å². The smallest absolute Gasteiger partial charge is 0 e. The summed E-state index contributed by atoms with van der Waals surface area (Å²) in [5, 5.41) is 0. The third-order valence-corrected chi connectivity index (χ3v) is 1.27. The molecule has 0 aliphatic carbocycles. The van der Waals surface area contributed by atoms with Gasteiger partial charge in [-0.1, -0.05) is 12.1 Å². The van der Waals surface area contributed by atoms with Gasteiger partial charge in [0.05, 0.1) is 0 Å². The van der Waals surface area contributed by atoms with Crippen LogP contribution >= 0.6 is 8.19 Å². The largest absolute Gasteiger partial charge is 0.140 e. The fourth-order valence-electron chi connectivity index (χ4n) is 0.278. The van der Waals surface area contributed by atoms with Gasteiger partial charge >= 0.3 is 0 Å². The summed E-state index contributed by atoms with van der Waals surface area (Å²) in [7, 11) is 0.948. The molecular formula is C4H5CoMnP. The van der Waals surface area contributed by atoms with E-state index in [1.165, 1.54) is 0 Å². The Labute approximate surface area is 65.8 Å². The van der Waals surface area contributed by atoms with Crippen LogP contribution in [0.25, 0.3) is 0 Å².